The fraction of sp³-hybridized carbons (Fsp3) is 0.889. The Hall–Kier alpha value is -1.10. The predicted molar refractivity (Wildman–Crippen MR) is 89.7 cm³/mol. The number of carbonyl (C=O) groups excluding carboxylic acids is 2. The molecule has 0 aromatic heterocycles. The van der Waals surface area contributed by atoms with Crippen molar-refractivity contribution < 1.29 is 9.59 Å². The molecule has 0 atom stereocenters. The molecule has 130 valence electrons. The summed E-state index contributed by atoms with van der Waals surface area (Å²) in [5.41, 5.74) is 5.76. The maximum atomic E-state index is 12.7. The summed E-state index contributed by atoms with van der Waals surface area (Å²) in [6.45, 7) is 3.42. The second-order valence-electron chi connectivity index (χ2n) is 7.74. The number of piperidine rings is 1. The highest BCUT2D eigenvalue weighted by Crippen LogP contribution is 2.30. The summed E-state index contributed by atoms with van der Waals surface area (Å²) in [4.78, 5) is 29.0. The summed E-state index contributed by atoms with van der Waals surface area (Å²) >= 11 is 0. The molecule has 3 aliphatic rings. The molecule has 0 bridgehead atoms. The molecule has 0 radical (unpaired) electrons. The molecule has 0 spiro atoms. The van der Waals surface area contributed by atoms with Crippen LogP contribution in [-0.2, 0) is 9.59 Å². The van der Waals surface area contributed by atoms with Gasteiger partial charge in [-0.2, -0.15) is 0 Å². The van der Waals surface area contributed by atoms with Crippen LogP contribution in [0.15, 0.2) is 0 Å². The van der Waals surface area contributed by atoms with Gasteiger partial charge < -0.3 is 15.5 Å². The zero-order valence-corrected chi connectivity index (χ0v) is 14.3. The molecule has 2 saturated heterocycles. The molecule has 2 heterocycles. The molecule has 2 amide bonds. The van der Waals surface area contributed by atoms with E-state index in [2.05, 4.69) is 0 Å². The van der Waals surface area contributed by atoms with E-state index in [1.165, 1.54) is 6.42 Å². The smallest absolute Gasteiger partial charge is 0.242 e. The van der Waals surface area contributed by atoms with E-state index >= 15 is 0 Å². The average molecular weight is 321 g/mol. The van der Waals surface area contributed by atoms with Crippen molar-refractivity contribution in [1.82, 2.24) is 9.80 Å². The van der Waals surface area contributed by atoms with Crippen molar-refractivity contribution in [2.75, 3.05) is 26.2 Å². The first-order valence-electron chi connectivity index (χ1n) is 9.44. The molecule has 1 aliphatic carbocycles. The summed E-state index contributed by atoms with van der Waals surface area (Å²) in [6.07, 6.45) is 9.87. The third kappa shape index (κ3) is 3.87. The molecular weight excluding hydrogens is 290 g/mol. The van der Waals surface area contributed by atoms with Crippen LogP contribution in [0, 0.1) is 5.92 Å². The van der Waals surface area contributed by atoms with Gasteiger partial charge in [0.05, 0.1) is 5.54 Å². The maximum absolute atomic E-state index is 12.7. The molecule has 1 saturated carbocycles. The van der Waals surface area contributed by atoms with Crippen molar-refractivity contribution in [3.05, 3.63) is 0 Å². The zero-order chi connectivity index (χ0) is 16.3. The van der Waals surface area contributed by atoms with E-state index in [9.17, 15) is 9.59 Å². The molecule has 0 aromatic carbocycles. The van der Waals surface area contributed by atoms with E-state index in [0.29, 0.717) is 18.2 Å². The second kappa shape index (κ2) is 7.20. The van der Waals surface area contributed by atoms with E-state index in [0.717, 1.165) is 77.5 Å². The van der Waals surface area contributed by atoms with Gasteiger partial charge in [0.1, 0.15) is 0 Å². The highest BCUT2D eigenvalue weighted by Gasteiger charge is 2.39. The first kappa shape index (κ1) is 16.7. The lowest BCUT2D eigenvalue weighted by molar-refractivity contribution is -0.140. The second-order valence-corrected chi connectivity index (χ2v) is 7.74. The monoisotopic (exact) mass is 321 g/mol. The average Bonchev–Trinajstić information content (AvgIpc) is 3.10. The van der Waals surface area contributed by atoms with Crippen LogP contribution in [0.25, 0.3) is 0 Å². The number of amides is 2. The Kier molecular flexibility index (Phi) is 5.24. The molecule has 5 nitrogen and oxygen atoms in total. The Bertz CT molecular complexity index is 432. The molecule has 2 aliphatic heterocycles. The number of nitrogens with zero attached hydrogens (tertiary/aromatic N) is 2. The molecule has 23 heavy (non-hydrogen) atoms. The van der Waals surface area contributed by atoms with Gasteiger partial charge in [0.15, 0.2) is 0 Å². The predicted octanol–water partition coefficient (Wildman–Crippen LogP) is 1.90. The van der Waals surface area contributed by atoms with Crippen LogP contribution in [0.2, 0.25) is 0 Å². The molecule has 3 fully saturated rings. The maximum Gasteiger partial charge on any atom is 0.242 e. The van der Waals surface area contributed by atoms with E-state index in [1.807, 2.05) is 9.80 Å². The fourth-order valence-corrected chi connectivity index (χ4v) is 4.39. The number of rotatable bonds is 3. The highest BCUT2D eigenvalue weighted by molar-refractivity contribution is 5.86. The van der Waals surface area contributed by atoms with Crippen molar-refractivity contribution in [3.8, 4) is 0 Å². The van der Waals surface area contributed by atoms with Gasteiger partial charge in [-0.3, -0.25) is 9.59 Å². The minimum absolute atomic E-state index is 0.154. The number of likely N-dealkylation sites (tertiary alicyclic amines) is 2. The van der Waals surface area contributed by atoms with Gasteiger partial charge in [-0.05, 0) is 44.4 Å². The van der Waals surface area contributed by atoms with Crippen molar-refractivity contribution in [2.24, 2.45) is 11.7 Å². The Morgan fingerprint density at radius 2 is 1.48 bits per heavy atom. The first-order chi connectivity index (χ1) is 11.1. The van der Waals surface area contributed by atoms with Crippen molar-refractivity contribution in [1.29, 1.82) is 0 Å². The number of nitrogens with two attached hydrogens (primary N) is 1. The first-order valence-corrected chi connectivity index (χ1v) is 9.44. The highest BCUT2D eigenvalue weighted by atomic mass is 16.2. The van der Waals surface area contributed by atoms with E-state index < -0.39 is 5.54 Å². The van der Waals surface area contributed by atoms with Gasteiger partial charge in [-0.1, -0.05) is 19.3 Å². The molecule has 0 unspecified atom stereocenters. The van der Waals surface area contributed by atoms with Crippen LogP contribution in [0.3, 0.4) is 0 Å². The SMILES string of the molecule is NC1(C(=O)N2CCC(CC(=O)N3CCCC3)CC2)CCCCC1. The minimum Gasteiger partial charge on any atom is -0.343 e. The van der Waals surface area contributed by atoms with E-state index in [4.69, 9.17) is 5.73 Å². The van der Waals surface area contributed by atoms with Gasteiger partial charge in [-0.15, -0.1) is 0 Å². The van der Waals surface area contributed by atoms with Crippen LogP contribution in [0.4, 0.5) is 0 Å². The van der Waals surface area contributed by atoms with Crippen LogP contribution in [-0.4, -0.2) is 53.3 Å². The summed E-state index contributed by atoms with van der Waals surface area (Å²) in [6, 6.07) is 0. The lowest BCUT2D eigenvalue weighted by Crippen LogP contribution is -2.57. The summed E-state index contributed by atoms with van der Waals surface area (Å²) in [7, 11) is 0. The largest absolute Gasteiger partial charge is 0.343 e. The van der Waals surface area contributed by atoms with Gasteiger partial charge in [-0.25, -0.2) is 0 Å². The third-order valence-electron chi connectivity index (χ3n) is 6.00. The Morgan fingerprint density at radius 3 is 2.09 bits per heavy atom. The Morgan fingerprint density at radius 1 is 0.870 bits per heavy atom. The zero-order valence-electron chi connectivity index (χ0n) is 14.3. The topological polar surface area (TPSA) is 66.6 Å². The molecule has 5 heteroatoms. The quantitative estimate of drug-likeness (QED) is 0.863. The van der Waals surface area contributed by atoms with E-state index in [-0.39, 0.29) is 5.91 Å². The minimum atomic E-state index is -0.615. The van der Waals surface area contributed by atoms with Crippen LogP contribution >= 0.6 is 0 Å². The molecule has 0 aromatic rings. The normalized spacial score (nSPS) is 25.6. The molecule has 2 N–H and O–H groups in total. The van der Waals surface area contributed by atoms with Crippen LogP contribution < -0.4 is 5.73 Å². The molecule has 3 rings (SSSR count). The van der Waals surface area contributed by atoms with Crippen LogP contribution in [0.1, 0.15) is 64.2 Å². The summed E-state index contributed by atoms with van der Waals surface area (Å²) in [5, 5.41) is 0. The van der Waals surface area contributed by atoms with Gasteiger partial charge in [0.25, 0.3) is 0 Å². The van der Waals surface area contributed by atoms with E-state index in [1.54, 1.807) is 0 Å². The van der Waals surface area contributed by atoms with Crippen molar-refractivity contribution in [3.63, 3.8) is 0 Å². The summed E-state index contributed by atoms with van der Waals surface area (Å²) < 4.78 is 0. The van der Waals surface area contributed by atoms with Gasteiger partial charge in [0, 0.05) is 32.6 Å². The number of hydrogen-bond donors (Lipinski definition) is 1. The Balaban J connectivity index is 1.46. The Labute approximate surface area is 139 Å². The standard InChI is InChI=1S/C18H31N3O2/c19-18(8-2-1-3-9-18)17(23)21-12-6-15(7-13-21)14-16(22)20-10-4-5-11-20/h15H,1-14,19H2. The summed E-state index contributed by atoms with van der Waals surface area (Å²) in [5.74, 6) is 0.906. The number of carbonyl (C=O) groups is 2. The third-order valence-corrected chi connectivity index (χ3v) is 6.00. The number of hydrogen-bond acceptors (Lipinski definition) is 3. The fourth-order valence-electron chi connectivity index (χ4n) is 4.39. The molecular formula is C18H31N3O2. The van der Waals surface area contributed by atoms with Crippen molar-refractivity contribution in [2.45, 2.75) is 69.7 Å². The lowest BCUT2D eigenvalue weighted by Gasteiger charge is -2.40. The van der Waals surface area contributed by atoms with Gasteiger partial charge >= 0.3 is 0 Å². The van der Waals surface area contributed by atoms with Crippen LogP contribution in [0.5, 0.6) is 0 Å². The van der Waals surface area contributed by atoms with Gasteiger partial charge in [0.2, 0.25) is 11.8 Å². The van der Waals surface area contributed by atoms with Crippen molar-refractivity contribution >= 4 is 11.8 Å². The lowest BCUT2D eigenvalue weighted by atomic mass is 9.80.